The van der Waals surface area contributed by atoms with Crippen LogP contribution in [0.25, 0.3) is 0 Å². The molecule has 156 valence electrons. The molecule has 5 nitrogen and oxygen atoms in total. The van der Waals surface area contributed by atoms with Gasteiger partial charge in [-0.1, -0.05) is 54.1 Å². The summed E-state index contributed by atoms with van der Waals surface area (Å²) in [5, 5.41) is 2.78. The van der Waals surface area contributed by atoms with Gasteiger partial charge in [0.15, 0.2) is 9.84 Å². The molecule has 0 radical (unpaired) electrons. The summed E-state index contributed by atoms with van der Waals surface area (Å²) in [4.78, 5) is 12.6. The van der Waals surface area contributed by atoms with E-state index in [0.29, 0.717) is 18.0 Å². The van der Waals surface area contributed by atoms with Crippen LogP contribution < -0.4 is 10.1 Å². The molecule has 0 aliphatic rings. The largest absolute Gasteiger partial charge is 0.487 e. The summed E-state index contributed by atoms with van der Waals surface area (Å²) in [5.41, 5.74) is 3.52. The quantitative estimate of drug-likeness (QED) is 0.571. The molecule has 0 fully saturated rings. The van der Waals surface area contributed by atoms with E-state index in [1.807, 2.05) is 56.3 Å². The SMILES string of the molecule is Cc1ccc(S(=O)(=O)CCC(=O)Nc2ccc(C)cc2OCc2ccccc2)cc1. The van der Waals surface area contributed by atoms with Gasteiger partial charge in [-0.05, 0) is 49.2 Å². The van der Waals surface area contributed by atoms with Crippen LogP contribution in [0.2, 0.25) is 0 Å². The molecular weight excluding hydrogens is 398 g/mol. The first-order valence-corrected chi connectivity index (χ1v) is 11.4. The second kappa shape index (κ2) is 9.59. The molecule has 0 saturated carbocycles. The lowest BCUT2D eigenvalue weighted by Gasteiger charge is -2.14. The van der Waals surface area contributed by atoms with Crippen molar-refractivity contribution in [2.45, 2.75) is 31.8 Å². The maximum Gasteiger partial charge on any atom is 0.225 e. The zero-order valence-corrected chi connectivity index (χ0v) is 17.9. The average molecular weight is 424 g/mol. The van der Waals surface area contributed by atoms with Crippen molar-refractivity contribution < 1.29 is 17.9 Å². The molecule has 0 atom stereocenters. The minimum atomic E-state index is -3.52. The monoisotopic (exact) mass is 423 g/mol. The van der Waals surface area contributed by atoms with Gasteiger partial charge in [0.05, 0.1) is 16.3 Å². The first-order valence-electron chi connectivity index (χ1n) is 9.70. The van der Waals surface area contributed by atoms with Crippen molar-refractivity contribution in [2.75, 3.05) is 11.1 Å². The van der Waals surface area contributed by atoms with E-state index in [4.69, 9.17) is 4.74 Å². The van der Waals surface area contributed by atoms with Crippen LogP contribution in [0.1, 0.15) is 23.1 Å². The number of carbonyl (C=O) groups excluding carboxylic acids is 1. The lowest BCUT2D eigenvalue weighted by atomic mass is 10.2. The lowest BCUT2D eigenvalue weighted by Crippen LogP contribution is -2.18. The van der Waals surface area contributed by atoms with Crippen LogP contribution in [-0.2, 0) is 21.2 Å². The Morgan fingerprint density at radius 1 is 0.900 bits per heavy atom. The smallest absolute Gasteiger partial charge is 0.225 e. The molecule has 0 saturated heterocycles. The van der Waals surface area contributed by atoms with Gasteiger partial charge >= 0.3 is 0 Å². The first kappa shape index (κ1) is 21.6. The summed E-state index contributed by atoms with van der Waals surface area (Å²) in [7, 11) is -3.52. The molecule has 0 spiro atoms. The van der Waals surface area contributed by atoms with Gasteiger partial charge in [0.1, 0.15) is 12.4 Å². The number of ether oxygens (including phenoxy) is 1. The number of rotatable bonds is 8. The van der Waals surface area contributed by atoms with E-state index in [-0.39, 0.29) is 23.0 Å². The van der Waals surface area contributed by atoms with Gasteiger partial charge in [0.2, 0.25) is 5.91 Å². The van der Waals surface area contributed by atoms with Crippen molar-refractivity contribution >= 4 is 21.4 Å². The highest BCUT2D eigenvalue weighted by atomic mass is 32.2. The van der Waals surface area contributed by atoms with Gasteiger partial charge < -0.3 is 10.1 Å². The number of nitrogens with one attached hydrogen (secondary N) is 1. The van der Waals surface area contributed by atoms with Gasteiger partial charge in [0, 0.05) is 6.42 Å². The Balaban J connectivity index is 1.64. The third-order valence-electron chi connectivity index (χ3n) is 4.63. The molecule has 0 aromatic heterocycles. The van der Waals surface area contributed by atoms with Crippen LogP contribution in [-0.4, -0.2) is 20.1 Å². The normalized spacial score (nSPS) is 11.1. The zero-order chi connectivity index (χ0) is 21.6. The van der Waals surface area contributed by atoms with E-state index in [2.05, 4.69) is 5.32 Å². The molecule has 0 aliphatic carbocycles. The third-order valence-corrected chi connectivity index (χ3v) is 6.36. The second-order valence-corrected chi connectivity index (χ2v) is 9.31. The zero-order valence-electron chi connectivity index (χ0n) is 17.1. The summed E-state index contributed by atoms with van der Waals surface area (Å²) in [5.74, 6) is -0.0822. The molecule has 6 heteroatoms. The van der Waals surface area contributed by atoms with Crippen molar-refractivity contribution in [1.82, 2.24) is 0 Å². The molecule has 0 heterocycles. The summed E-state index contributed by atoms with van der Waals surface area (Å²) >= 11 is 0. The van der Waals surface area contributed by atoms with Crippen LogP contribution in [0.15, 0.2) is 77.7 Å². The highest BCUT2D eigenvalue weighted by molar-refractivity contribution is 7.91. The number of aryl methyl sites for hydroxylation is 2. The van der Waals surface area contributed by atoms with E-state index >= 15 is 0 Å². The number of benzene rings is 3. The standard InChI is InChI=1S/C24H25NO4S/c1-18-8-11-21(12-9-18)30(27,28)15-14-24(26)25-22-13-10-19(2)16-23(22)29-17-20-6-4-3-5-7-20/h3-13,16H,14-15,17H2,1-2H3,(H,25,26). The predicted molar refractivity (Wildman–Crippen MR) is 118 cm³/mol. The van der Waals surface area contributed by atoms with Crippen LogP contribution in [0, 0.1) is 13.8 Å². The average Bonchev–Trinajstić information content (AvgIpc) is 2.73. The van der Waals surface area contributed by atoms with Crippen molar-refractivity contribution in [2.24, 2.45) is 0 Å². The Morgan fingerprint density at radius 2 is 1.57 bits per heavy atom. The fourth-order valence-corrected chi connectivity index (χ4v) is 4.13. The van der Waals surface area contributed by atoms with Gasteiger partial charge in [0.25, 0.3) is 0 Å². The molecule has 0 unspecified atom stereocenters. The van der Waals surface area contributed by atoms with Gasteiger partial charge in [-0.15, -0.1) is 0 Å². The molecule has 30 heavy (non-hydrogen) atoms. The number of hydrogen-bond acceptors (Lipinski definition) is 4. The van der Waals surface area contributed by atoms with Crippen LogP contribution in [0.3, 0.4) is 0 Å². The van der Waals surface area contributed by atoms with Crippen molar-refractivity contribution in [3.05, 3.63) is 89.5 Å². The molecule has 0 aliphatic heterocycles. The lowest BCUT2D eigenvalue weighted by molar-refractivity contribution is -0.115. The molecule has 3 rings (SSSR count). The molecule has 1 N–H and O–H groups in total. The van der Waals surface area contributed by atoms with E-state index in [1.165, 1.54) is 0 Å². The van der Waals surface area contributed by atoms with Gasteiger partial charge in [-0.3, -0.25) is 4.79 Å². The van der Waals surface area contributed by atoms with E-state index in [1.54, 1.807) is 30.3 Å². The number of hydrogen-bond donors (Lipinski definition) is 1. The number of carbonyl (C=O) groups is 1. The van der Waals surface area contributed by atoms with Crippen LogP contribution >= 0.6 is 0 Å². The Bertz CT molecular complexity index is 1110. The number of anilines is 1. The summed E-state index contributed by atoms with van der Waals surface area (Å²) in [6.07, 6.45) is -0.137. The Labute approximate surface area is 177 Å². The van der Waals surface area contributed by atoms with E-state index in [9.17, 15) is 13.2 Å². The predicted octanol–water partition coefficient (Wildman–Crippen LogP) is 4.68. The number of sulfone groups is 1. The Hall–Kier alpha value is -3.12. The minimum absolute atomic E-state index is 0.137. The maximum atomic E-state index is 12.5. The van der Waals surface area contributed by atoms with Gasteiger partial charge in [-0.25, -0.2) is 8.42 Å². The summed E-state index contributed by atoms with van der Waals surface area (Å²) < 4.78 is 30.8. The van der Waals surface area contributed by atoms with E-state index in [0.717, 1.165) is 16.7 Å². The van der Waals surface area contributed by atoms with E-state index < -0.39 is 9.84 Å². The van der Waals surface area contributed by atoms with Crippen molar-refractivity contribution in [3.8, 4) is 5.75 Å². The topological polar surface area (TPSA) is 72.5 Å². The van der Waals surface area contributed by atoms with Crippen molar-refractivity contribution in [1.29, 1.82) is 0 Å². The molecule has 3 aromatic rings. The number of amides is 1. The maximum absolute atomic E-state index is 12.5. The Morgan fingerprint density at radius 3 is 2.27 bits per heavy atom. The molecule has 3 aromatic carbocycles. The highest BCUT2D eigenvalue weighted by Crippen LogP contribution is 2.27. The van der Waals surface area contributed by atoms with Crippen LogP contribution in [0.5, 0.6) is 5.75 Å². The molecular formula is C24H25NO4S. The fraction of sp³-hybridized carbons (Fsp3) is 0.208. The van der Waals surface area contributed by atoms with Crippen molar-refractivity contribution in [3.63, 3.8) is 0 Å². The van der Waals surface area contributed by atoms with Gasteiger partial charge in [-0.2, -0.15) is 0 Å². The molecule has 1 amide bonds. The summed E-state index contributed by atoms with van der Waals surface area (Å²) in [6.45, 7) is 4.20. The second-order valence-electron chi connectivity index (χ2n) is 7.20. The highest BCUT2D eigenvalue weighted by Gasteiger charge is 2.17. The minimum Gasteiger partial charge on any atom is -0.487 e. The Kier molecular flexibility index (Phi) is 6.90. The fourth-order valence-electron chi connectivity index (χ4n) is 2.89. The third kappa shape index (κ3) is 5.94. The first-order chi connectivity index (χ1) is 14.3. The molecule has 0 bridgehead atoms. The van der Waals surface area contributed by atoms with Crippen LogP contribution in [0.4, 0.5) is 5.69 Å². The summed E-state index contributed by atoms with van der Waals surface area (Å²) in [6, 6.07) is 21.8.